The zero-order valence-electron chi connectivity index (χ0n) is 12.6. The molecule has 1 aliphatic rings. The van der Waals surface area contributed by atoms with E-state index in [1.807, 2.05) is 0 Å². The SMILES string of the molecule is CCNC(CCc1ncnn1C(C)C)C1CCCC1. The summed E-state index contributed by atoms with van der Waals surface area (Å²) in [5, 5.41) is 8.00. The van der Waals surface area contributed by atoms with Crippen molar-refractivity contribution in [2.45, 2.75) is 71.4 Å². The molecule has 1 saturated carbocycles. The molecule has 0 saturated heterocycles. The van der Waals surface area contributed by atoms with Crippen molar-refractivity contribution in [1.82, 2.24) is 20.1 Å². The van der Waals surface area contributed by atoms with Crippen molar-refractivity contribution in [1.29, 1.82) is 0 Å². The van der Waals surface area contributed by atoms with Gasteiger partial charge in [-0.3, -0.25) is 0 Å². The standard InChI is InChI=1S/C15H28N4/c1-4-16-14(13-7-5-6-8-13)9-10-15-17-11-18-19(15)12(2)3/h11-14,16H,4-10H2,1-3H3. The minimum Gasteiger partial charge on any atom is -0.314 e. The number of rotatable bonds is 7. The zero-order valence-corrected chi connectivity index (χ0v) is 12.6. The van der Waals surface area contributed by atoms with Crippen molar-refractivity contribution in [2.75, 3.05) is 6.54 Å². The number of hydrogen-bond acceptors (Lipinski definition) is 3. The second kappa shape index (κ2) is 7.04. The van der Waals surface area contributed by atoms with Gasteiger partial charge in [-0.25, -0.2) is 9.67 Å². The van der Waals surface area contributed by atoms with Crippen LogP contribution >= 0.6 is 0 Å². The Bertz CT molecular complexity index is 366. The van der Waals surface area contributed by atoms with Gasteiger partial charge < -0.3 is 5.32 Å². The Labute approximate surface area is 117 Å². The monoisotopic (exact) mass is 264 g/mol. The lowest BCUT2D eigenvalue weighted by atomic mass is 9.94. The molecule has 108 valence electrons. The molecule has 0 radical (unpaired) electrons. The molecule has 1 N–H and O–H groups in total. The van der Waals surface area contributed by atoms with Crippen LogP contribution in [0.25, 0.3) is 0 Å². The Kier molecular flexibility index (Phi) is 5.37. The van der Waals surface area contributed by atoms with Crippen LogP contribution in [0.15, 0.2) is 6.33 Å². The Morgan fingerprint density at radius 3 is 2.74 bits per heavy atom. The van der Waals surface area contributed by atoms with E-state index < -0.39 is 0 Å². The van der Waals surface area contributed by atoms with Crippen molar-refractivity contribution < 1.29 is 0 Å². The molecule has 0 spiro atoms. The fourth-order valence-electron chi connectivity index (χ4n) is 3.30. The van der Waals surface area contributed by atoms with Crippen molar-refractivity contribution in [3.05, 3.63) is 12.2 Å². The minimum atomic E-state index is 0.404. The first-order chi connectivity index (χ1) is 9.22. The quantitative estimate of drug-likeness (QED) is 0.823. The molecule has 1 atom stereocenters. The van der Waals surface area contributed by atoms with Gasteiger partial charge in [0.15, 0.2) is 0 Å². The maximum absolute atomic E-state index is 4.42. The lowest BCUT2D eigenvalue weighted by molar-refractivity contribution is 0.341. The topological polar surface area (TPSA) is 42.7 Å². The molecule has 1 heterocycles. The maximum Gasteiger partial charge on any atom is 0.138 e. The average molecular weight is 264 g/mol. The van der Waals surface area contributed by atoms with E-state index in [2.05, 4.69) is 40.9 Å². The van der Waals surface area contributed by atoms with E-state index in [0.717, 1.165) is 24.7 Å². The Balaban J connectivity index is 1.92. The van der Waals surface area contributed by atoms with E-state index in [1.54, 1.807) is 6.33 Å². The van der Waals surface area contributed by atoms with Gasteiger partial charge >= 0.3 is 0 Å². The van der Waals surface area contributed by atoms with Gasteiger partial charge in [0.1, 0.15) is 12.2 Å². The molecule has 2 rings (SSSR count). The van der Waals surface area contributed by atoms with Crippen LogP contribution in [-0.4, -0.2) is 27.4 Å². The predicted octanol–water partition coefficient (Wildman–Crippen LogP) is 2.96. The van der Waals surface area contributed by atoms with E-state index in [1.165, 1.54) is 32.1 Å². The van der Waals surface area contributed by atoms with Crippen LogP contribution in [-0.2, 0) is 6.42 Å². The maximum atomic E-state index is 4.42. The van der Waals surface area contributed by atoms with Crippen LogP contribution in [0.3, 0.4) is 0 Å². The molecule has 1 aliphatic carbocycles. The van der Waals surface area contributed by atoms with E-state index in [0.29, 0.717) is 12.1 Å². The summed E-state index contributed by atoms with van der Waals surface area (Å²) in [5.74, 6) is 2.01. The Morgan fingerprint density at radius 2 is 2.11 bits per heavy atom. The number of aromatic nitrogens is 3. The third-order valence-electron chi connectivity index (χ3n) is 4.25. The lowest BCUT2D eigenvalue weighted by Crippen LogP contribution is -2.35. The number of aryl methyl sites for hydroxylation is 1. The van der Waals surface area contributed by atoms with Crippen molar-refractivity contribution >= 4 is 0 Å². The second-order valence-corrected chi connectivity index (χ2v) is 5.96. The van der Waals surface area contributed by atoms with Crippen molar-refractivity contribution in [2.24, 2.45) is 5.92 Å². The molecular formula is C15H28N4. The highest BCUT2D eigenvalue weighted by Gasteiger charge is 2.24. The third-order valence-corrected chi connectivity index (χ3v) is 4.25. The van der Waals surface area contributed by atoms with Crippen LogP contribution in [0, 0.1) is 5.92 Å². The first kappa shape index (κ1) is 14.5. The summed E-state index contributed by atoms with van der Waals surface area (Å²) < 4.78 is 2.05. The smallest absolute Gasteiger partial charge is 0.138 e. The summed E-state index contributed by atoms with van der Waals surface area (Å²) in [6.07, 6.45) is 9.52. The fraction of sp³-hybridized carbons (Fsp3) is 0.867. The molecule has 0 bridgehead atoms. The number of nitrogens with one attached hydrogen (secondary N) is 1. The van der Waals surface area contributed by atoms with Crippen LogP contribution in [0.5, 0.6) is 0 Å². The molecule has 1 unspecified atom stereocenters. The van der Waals surface area contributed by atoms with Crippen LogP contribution in [0.1, 0.15) is 64.7 Å². The van der Waals surface area contributed by atoms with Crippen LogP contribution in [0.2, 0.25) is 0 Å². The number of hydrogen-bond donors (Lipinski definition) is 1. The molecule has 0 aliphatic heterocycles. The highest BCUT2D eigenvalue weighted by molar-refractivity contribution is 4.90. The summed E-state index contributed by atoms with van der Waals surface area (Å²) in [4.78, 5) is 4.42. The average Bonchev–Trinajstić information content (AvgIpc) is 3.05. The largest absolute Gasteiger partial charge is 0.314 e. The van der Waals surface area contributed by atoms with Crippen LogP contribution in [0.4, 0.5) is 0 Å². The zero-order chi connectivity index (χ0) is 13.7. The van der Waals surface area contributed by atoms with E-state index >= 15 is 0 Å². The van der Waals surface area contributed by atoms with Gasteiger partial charge in [-0.2, -0.15) is 5.10 Å². The number of nitrogens with zero attached hydrogens (tertiary/aromatic N) is 3. The molecular weight excluding hydrogens is 236 g/mol. The normalized spacial score (nSPS) is 18.3. The summed E-state index contributed by atoms with van der Waals surface area (Å²) >= 11 is 0. The van der Waals surface area contributed by atoms with E-state index in [-0.39, 0.29) is 0 Å². The third kappa shape index (κ3) is 3.78. The molecule has 1 aromatic rings. The Hall–Kier alpha value is -0.900. The first-order valence-electron chi connectivity index (χ1n) is 7.84. The summed E-state index contributed by atoms with van der Waals surface area (Å²) in [6, 6.07) is 1.06. The first-order valence-corrected chi connectivity index (χ1v) is 7.84. The highest BCUT2D eigenvalue weighted by Crippen LogP contribution is 2.29. The molecule has 4 heteroatoms. The van der Waals surface area contributed by atoms with Gasteiger partial charge in [-0.1, -0.05) is 19.8 Å². The van der Waals surface area contributed by atoms with Gasteiger partial charge in [0.2, 0.25) is 0 Å². The van der Waals surface area contributed by atoms with Gasteiger partial charge in [0, 0.05) is 18.5 Å². The highest BCUT2D eigenvalue weighted by atomic mass is 15.3. The molecule has 19 heavy (non-hydrogen) atoms. The molecule has 0 amide bonds. The lowest BCUT2D eigenvalue weighted by Gasteiger charge is -2.24. The van der Waals surface area contributed by atoms with Crippen molar-refractivity contribution in [3.63, 3.8) is 0 Å². The van der Waals surface area contributed by atoms with E-state index in [4.69, 9.17) is 0 Å². The summed E-state index contributed by atoms with van der Waals surface area (Å²) in [7, 11) is 0. The molecule has 0 aromatic carbocycles. The molecule has 1 fully saturated rings. The molecule has 4 nitrogen and oxygen atoms in total. The predicted molar refractivity (Wildman–Crippen MR) is 78.2 cm³/mol. The Morgan fingerprint density at radius 1 is 1.37 bits per heavy atom. The fourth-order valence-corrected chi connectivity index (χ4v) is 3.30. The van der Waals surface area contributed by atoms with Crippen LogP contribution < -0.4 is 5.32 Å². The summed E-state index contributed by atoms with van der Waals surface area (Å²) in [6.45, 7) is 7.60. The second-order valence-electron chi connectivity index (χ2n) is 5.96. The minimum absolute atomic E-state index is 0.404. The van der Waals surface area contributed by atoms with Gasteiger partial charge in [-0.05, 0) is 45.6 Å². The van der Waals surface area contributed by atoms with Gasteiger partial charge in [-0.15, -0.1) is 0 Å². The molecule has 1 aromatic heterocycles. The van der Waals surface area contributed by atoms with Gasteiger partial charge in [0.25, 0.3) is 0 Å². The summed E-state index contributed by atoms with van der Waals surface area (Å²) in [5.41, 5.74) is 0. The van der Waals surface area contributed by atoms with Gasteiger partial charge in [0.05, 0.1) is 0 Å². The van der Waals surface area contributed by atoms with Crippen molar-refractivity contribution in [3.8, 4) is 0 Å². The van der Waals surface area contributed by atoms with E-state index in [9.17, 15) is 0 Å².